The Balaban J connectivity index is 1.70. The molecule has 0 aliphatic heterocycles. The van der Waals surface area contributed by atoms with Crippen LogP contribution in [0.25, 0.3) is 5.65 Å². The highest BCUT2D eigenvalue weighted by Crippen LogP contribution is 2.26. The molecule has 4 rings (SSSR count). The standard InChI is InChI=1S/C27H28N4O2/c1-19-9-8-14-31-26(33)16-25(29-27(19)31)18-30(17-22-10-5-4-6-11-22)20(2)23-12-7-13-24(15-23)28-21(3)32/h4-16,20H,17-18H2,1-3H3,(H,28,32)/t20-/m0/s1. The van der Waals surface area contributed by atoms with E-state index in [4.69, 9.17) is 4.98 Å². The molecule has 2 heterocycles. The lowest BCUT2D eigenvalue weighted by Gasteiger charge is -2.29. The zero-order valence-electron chi connectivity index (χ0n) is 19.2. The summed E-state index contributed by atoms with van der Waals surface area (Å²) >= 11 is 0. The molecule has 6 heteroatoms. The number of amides is 1. The van der Waals surface area contributed by atoms with Crippen LogP contribution in [0.5, 0.6) is 0 Å². The first-order valence-electron chi connectivity index (χ1n) is 11.0. The summed E-state index contributed by atoms with van der Waals surface area (Å²) in [6, 6.07) is 23.6. The van der Waals surface area contributed by atoms with Crippen LogP contribution in [0.3, 0.4) is 0 Å². The van der Waals surface area contributed by atoms with Crippen LogP contribution in [0.1, 0.15) is 42.3 Å². The monoisotopic (exact) mass is 440 g/mol. The smallest absolute Gasteiger partial charge is 0.258 e. The third-order valence-electron chi connectivity index (χ3n) is 5.77. The lowest BCUT2D eigenvalue weighted by molar-refractivity contribution is -0.114. The molecule has 0 fully saturated rings. The largest absolute Gasteiger partial charge is 0.326 e. The Bertz CT molecular complexity index is 1330. The molecular weight excluding hydrogens is 412 g/mol. The van der Waals surface area contributed by atoms with Gasteiger partial charge in [0, 0.05) is 44.0 Å². The molecule has 1 amide bonds. The van der Waals surface area contributed by atoms with Crippen molar-refractivity contribution in [3.05, 3.63) is 112 Å². The Hall–Kier alpha value is -3.77. The lowest BCUT2D eigenvalue weighted by atomic mass is 10.0. The Morgan fingerprint density at radius 2 is 1.82 bits per heavy atom. The van der Waals surface area contributed by atoms with Crippen molar-refractivity contribution >= 4 is 17.2 Å². The summed E-state index contributed by atoms with van der Waals surface area (Å²) in [6.07, 6.45) is 1.75. The second kappa shape index (κ2) is 9.79. The molecule has 1 N–H and O–H groups in total. The van der Waals surface area contributed by atoms with Gasteiger partial charge in [0.25, 0.3) is 5.56 Å². The quantitative estimate of drug-likeness (QED) is 0.451. The van der Waals surface area contributed by atoms with Gasteiger partial charge in [0.15, 0.2) is 0 Å². The molecule has 0 saturated heterocycles. The van der Waals surface area contributed by atoms with Crippen molar-refractivity contribution in [2.75, 3.05) is 5.32 Å². The van der Waals surface area contributed by atoms with Gasteiger partial charge in [-0.25, -0.2) is 4.98 Å². The summed E-state index contributed by atoms with van der Waals surface area (Å²) in [4.78, 5) is 31.4. The number of hydrogen-bond acceptors (Lipinski definition) is 4. The van der Waals surface area contributed by atoms with E-state index >= 15 is 0 Å². The number of anilines is 1. The van der Waals surface area contributed by atoms with Gasteiger partial charge in [-0.2, -0.15) is 0 Å². The van der Waals surface area contributed by atoms with E-state index in [2.05, 4.69) is 35.3 Å². The fourth-order valence-corrected chi connectivity index (χ4v) is 4.04. The minimum absolute atomic E-state index is 0.0241. The molecule has 0 spiro atoms. The van der Waals surface area contributed by atoms with Crippen molar-refractivity contribution in [3.8, 4) is 0 Å². The number of pyridine rings is 1. The maximum absolute atomic E-state index is 12.7. The molecular formula is C27H28N4O2. The van der Waals surface area contributed by atoms with Crippen molar-refractivity contribution < 1.29 is 4.79 Å². The van der Waals surface area contributed by atoms with E-state index in [0.29, 0.717) is 18.7 Å². The molecule has 33 heavy (non-hydrogen) atoms. The van der Waals surface area contributed by atoms with E-state index in [1.165, 1.54) is 12.5 Å². The Morgan fingerprint density at radius 3 is 2.58 bits per heavy atom. The van der Waals surface area contributed by atoms with Gasteiger partial charge in [-0.05, 0) is 48.7 Å². The van der Waals surface area contributed by atoms with Crippen molar-refractivity contribution in [2.45, 2.75) is 39.9 Å². The number of benzene rings is 2. The Labute approximate surface area is 193 Å². The number of aromatic nitrogens is 2. The van der Waals surface area contributed by atoms with E-state index in [-0.39, 0.29) is 17.5 Å². The first kappa shape index (κ1) is 22.4. The maximum Gasteiger partial charge on any atom is 0.258 e. The first-order chi connectivity index (χ1) is 15.9. The van der Waals surface area contributed by atoms with E-state index in [0.717, 1.165) is 22.5 Å². The van der Waals surface area contributed by atoms with Crippen molar-refractivity contribution in [1.82, 2.24) is 14.3 Å². The number of fused-ring (bicyclic) bond motifs is 1. The van der Waals surface area contributed by atoms with Crippen LogP contribution in [0.2, 0.25) is 0 Å². The highest BCUT2D eigenvalue weighted by Gasteiger charge is 2.19. The molecule has 0 unspecified atom stereocenters. The SMILES string of the molecule is CC(=O)Nc1cccc([C@H](C)N(Cc2ccccc2)Cc2cc(=O)n3cccc(C)c3n2)c1. The number of rotatable bonds is 7. The Kier molecular flexibility index (Phi) is 6.66. The molecule has 0 aliphatic carbocycles. The van der Waals surface area contributed by atoms with Crippen molar-refractivity contribution in [3.63, 3.8) is 0 Å². The molecule has 2 aromatic heterocycles. The normalized spacial score (nSPS) is 12.1. The average Bonchev–Trinajstić information content (AvgIpc) is 2.79. The first-order valence-corrected chi connectivity index (χ1v) is 11.0. The van der Waals surface area contributed by atoms with Crippen molar-refractivity contribution in [1.29, 1.82) is 0 Å². The third-order valence-corrected chi connectivity index (χ3v) is 5.77. The van der Waals surface area contributed by atoms with E-state index in [9.17, 15) is 9.59 Å². The fourth-order valence-electron chi connectivity index (χ4n) is 4.04. The van der Waals surface area contributed by atoms with Crippen LogP contribution < -0.4 is 10.9 Å². The maximum atomic E-state index is 12.7. The van der Waals surface area contributed by atoms with E-state index in [1.54, 1.807) is 16.7 Å². The average molecular weight is 441 g/mol. The predicted molar refractivity (Wildman–Crippen MR) is 131 cm³/mol. The molecule has 6 nitrogen and oxygen atoms in total. The molecule has 0 aliphatic rings. The molecule has 168 valence electrons. The van der Waals surface area contributed by atoms with Crippen LogP contribution in [0, 0.1) is 6.92 Å². The van der Waals surface area contributed by atoms with Crippen LogP contribution in [-0.2, 0) is 17.9 Å². The summed E-state index contributed by atoms with van der Waals surface area (Å²) in [5, 5.41) is 2.86. The number of hydrogen-bond donors (Lipinski definition) is 1. The van der Waals surface area contributed by atoms with Gasteiger partial charge < -0.3 is 5.32 Å². The number of carbonyl (C=O) groups is 1. The van der Waals surface area contributed by atoms with Crippen LogP contribution in [0.4, 0.5) is 5.69 Å². The summed E-state index contributed by atoms with van der Waals surface area (Å²) in [5.41, 5.74) is 5.31. The van der Waals surface area contributed by atoms with Gasteiger partial charge in [-0.15, -0.1) is 0 Å². The fraction of sp³-hybridized carbons (Fsp3) is 0.222. The lowest BCUT2D eigenvalue weighted by Crippen LogP contribution is -2.28. The van der Waals surface area contributed by atoms with E-state index in [1.807, 2.05) is 55.5 Å². The highest BCUT2D eigenvalue weighted by atomic mass is 16.1. The zero-order valence-corrected chi connectivity index (χ0v) is 19.2. The zero-order chi connectivity index (χ0) is 23.4. The number of aryl methyl sites for hydroxylation is 1. The molecule has 0 saturated carbocycles. The summed E-state index contributed by atoms with van der Waals surface area (Å²) in [7, 11) is 0. The second-order valence-electron chi connectivity index (χ2n) is 8.34. The van der Waals surface area contributed by atoms with Gasteiger partial charge in [-0.1, -0.05) is 48.5 Å². The Morgan fingerprint density at radius 1 is 1.03 bits per heavy atom. The summed E-state index contributed by atoms with van der Waals surface area (Å²) in [6.45, 7) is 6.81. The molecule has 0 bridgehead atoms. The molecule has 4 aromatic rings. The number of nitrogens with one attached hydrogen (secondary N) is 1. The topological polar surface area (TPSA) is 66.7 Å². The van der Waals surface area contributed by atoms with Gasteiger partial charge in [0.05, 0.1) is 5.69 Å². The number of nitrogens with zero attached hydrogens (tertiary/aromatic N) is 3. The summed E-state index contributed by atoms with van der Waals surface area (Å²) in [5.74, 6) is -0.0999. The number of carbonyl (C=O) groups excluding carboxylic acids is 1. The minimum Gasteiger partial charge on any atom is -0.326 e. The van der Waals surface area contributed by atoms with Crippen LogP contribution >= 0.6 is 0 Å². The molecule has 2 aromatic carbocycles. The van der Waals surface area contributed by atoms with Gasteiger partial charge >= 0.3 is 0 Å². The minimum atomic E-state index is -0.0999. The van der Waals surface area contributed by atoms with Gasteiger partial charge in [0.2, 0.25) is 5.91 Å². The third kappa shape index (κ3) is 5.35. The van der Waals surface area contributed by atoms with Crippen LogP contribution in [0.15, 0.2) is 83.8 Å². The predicted octanol–water partition coefficient (Wildman–Crippen LogP) is 4.72. The molecule has 1 atom stereocenters. The molecule has 0 radical (unpaired) electrons. The van der Waals surface area contributed by atoms with Gasteiger partial charge in [-0.3, -0.25) is 18.9 Å². The van der Waals surface area contributed by atoms with E-state index < -0.39 is 0 Å². The summed E-state index contributed by atoms with van der Waals surface area (Å²) < 4.78 is 1.58. The van der Waals surface area contributed by atoms with Crippen molar-refractivity contribution in [2.24, 2.45) is 0 Å². The van der Waals surface area contributed by atoms with Gasteiger partial charge in [0.1, 0.15) is 5.65 Å². The highest BCUT2D eigenvalue weighted by molar-refractivity contribution is 5.88. The second-order valence-corrected chi connectivity index (χ2v) is 8.34. The van der Waals surface area contributed by atoms with Crippen LogP contribution in [-0.4, -0.2) is 20.2 Å².